The lowest BCUT2D eigenvalue weighted by molar-refractivity contribution is -0.129. The Labute approximate surface area is 169 Å². The third-order valence-electron chi connectivity index (χ3n) is 5.08. The first-order chi connectivity index (χ1) is 14.0. The summed E-state index contributed by atoms with van der Waals surface area (Å²) >= 11 is 0. The highest BCUT2D eigenvalue weighted by molar-refractivity contribution is 5.89. The molecule has 1 saturated heterocycles. The molecule has 1 heterocycles. The Morgan fingerprint density at radius 3 is 2.48 bits per heavy atom. The number of halogens is 1. The van der Waals surface area contributed by atoms with Crippen LogP contribution >= 0.6 is 0 Å². The summed E-state index contributed by atoms with van der Waals surface area (Å²) in [5.41, 5.74) is 1.84. The molecule has 7 heteroatoms. The number of hydrogen-bond acceptors (Lipinski definition) is 4. The maximum Gasteiger partial charge on any atom is 0.225 e. The van der Waals surface area contributed by atoms with Crippen molar-refractivity contribution in [2.75, 3.05) is 27.3 Å². The third kappa shape index (κ3) is 5.25. The molecular weight excluding hydrogens is 375 g/mol. The number of carbonyl (C=O) groups is 2. The number of likely N-dealkylation sites (tertiary alicyclic amines) is 1. The average molecular weight is 400 g/mol. The van der Waals surface area contributed by atoms with Crippen LogP contribution in [0.5, 0.6) is 11.5 Å². The Morgan fingerprint density at radius 1 is 1.10 bits per heavy atom. The maximum absolute atomic E-state index is 12.9. The van der Waals surface area contributed by atoms with Gasteiger partial charge in [0.15, 0.2) is 11.5 Å². The van der Waals surface area contributed by atoms with Crippen LogP contribution in [0.25, 0.3) is 0 Å². The number of ether oxygens (including phenoxy) is 2. The Morgan fingerprint density at radius 2 is 1.79 bits per heavy atom. The molecule has 0 spiro atoms. The summed E-state index contributed by atoms with van der Waals surface area (Å²) in [7, 11) is 3.17. The molecule has 1 aliphatic rings. The normalized spacial score (nSPS) is 16.0. The van der Waals surface area contributed by atoms with E-state index in [2.05, 4.69) is 5.32 Å². The van der Waals surface area contributed by atoms with Gasteiger partial charge in [0.2, 0.25) is 11.8 Å². The first-order valence-corrected chi connectivity index (χ1v) is 9.51. The first kappa shape index (κ1) is 20.6. The molecule has 1 atom stereocenters. The number of nitrogens with zero attached hydrogens (tertiary/aromatic N) is 1. The van der Waals surface area contributed by atoms with Crippen molar-refractivity contribution in [3.8, 4) is 11.5 Å². The highest BCUT2D eigenvalue weighted by Crippen LogP contribution is 2.28. The Balaban J connectivity index is 1.50. The van der Waals surface area contributed by atoms with Gasteiger partial charge in [0.1, 0.15) is 5.82 Å². The summed E-state index contributed by atoms with van der Waals surface area (Å²) in [4.78, 5) is 26.4. The molecule has 154 valence electrons. The van der Waals surface area contributed by atoms with Gasteiger partial charge in [-0.1, -0.05) is 18.2 Å². The Hall–Kier alpha value is -3.09. The van der Waals surface area contributed by atoms with Crippen LogP contribution in [-0.4, -0.2) is 44.0 Å². The van der Waals surface area contributed by atoms with E-state index < -0.39 is 0 Å². The van der Waals surface area contributed by atoms with Gasteiger partial charge in [-0.25, -0.2) is 4.39 Å². The number of carbonyl (C=O) groups excluding carboxylic acids is 2. The van der Waals surface area contributed by atoms with E-state index in [9.17, 15) is 14.0 Å². The summed E-state index contributed by atoms with van der Waals surface area (Å²) < 4.78 is 23.5. The number of methoxy groups -OCH3 is 2. The van der Waals surface area contributed by atoms with E-state index in [1.165, 1.54) is 12.1 Å². The lowest BCUT2D eigenvalue weighted by Gasteiger charge is -2.17. The predicted octanol–water partition coefficient (Wildman–Crippen LogP) is 2.55. The summed E-state index contributed by atoms with van der Waals surface area (Å²) in [6.45, 7) is 1.26. The van der Waals surface area contributed by atoms with Crippen molar-refractivity contribution in [3.05, 3.63) is 59.4 Å². The molecule has 2 aromatic rings. The molecule has 2 amide bonds. The van der Waals surface area contributed by atoms with E-state index in [-0.39, 0.29) is 30.0 Å². The van der Waals surface area contributed by atoms with E-state index >= 15 is 0 Å². The van der Waals surface area contributed by atoms with Crippen molar-refractivity contribution in [2.45, 2.75) is 19.4 Å². The van der Waals surface area contributed by atoms with Gasteiger partial charge < -0.3 is 19.7 Å². The van der Waals surface area contributed by atoms with Gasteiger partial charge in [-0.3, -0.25) is 9.59 Å². The van der Waals surface area contributed by atoms with Crippen molar-refractivity contribution in [3.63, 3.8) is 0 Å². The lowest BCUT2D eigenvalue weighted by atomic mass is 10.1. The van der Waals surface area contributed by atoms with Gasteiger partial charge in [-0.2, -0.15) is 0 Å². The number of hydrogen-bond donors (Lipinski definition) is 1. The molecule has 6 nitrogen and oxygen atoms in total. The molecule has 0 unspecified atom stereocenters. The summed E-state index contributed by atoms with van der Waals surface area (Å²) in [5.74, 6) is 0.450. The van der Waals surface area contributed by atoms with Crippen LogP contribution in [0.15, 0.2) is 42.5 Å². The second-order valence-corrected chi connectivity index (χ2v) is 7.02. The topological polar surface area (TPSA) is 67.9 Å². The van der Waals surface area contributed by atoms with Gasteiger partial charge in [-0.15, -0.1) is 0 Å². The fraction of sp³-hybridized carbons (Fsp3) is 0.364. The van der Waals surface area contributed by atoms with Gasteiger partial charge in [-0.05, 0) is 41.8 Å². The lowest BCUT2D eigenvalue weighted by Crippen LogP contribution is -2.33. The second-order valence-electron chi connectivity index (χ2n) is 7.02. The minimum absolute atomic E-state index is 0.0209. The second kappa shape index (κ2) is 9.41. The molecule has 0 aromatic heterocycles. The molecule has 0 saturated carbocycles. The molecule has 1 aliphatic heterocycles. The average Bonchev–Trinajstić information content (AvgIpc) is 3.12. The number of rotatable bonds is 8. The largest absolute Gasteiger partial charge is 0.493 e. The number of benzene rings is 2. The van der Waals surface area contributed by atoms with Crippen molar-refractivity contribution in [1.82, 2.24) is 10.2 Å². The van der Waals surface area contributed by atoms with Crippen molar-refractivity contribution < 1.29 is 23.5 Å². The van der Waals surface area contributed by atoms with Gasteiger partial charge in [0.05, 0.1) is 20.1 Å². The van der Waals surface area contributed by atoms with Gasteiger partial charge >= 0.3 is 0 Å². The van der Waals surface area contributed by atoms with Crippen LogP contribution in [0.2, 0.25) is 0 Å². The quantitative estimate of drug-likeness (QED) is 0.740. The zero-order chi connectivity index (χ0) is 20.8. The summed E-state index contributed by atoms with van der Waals surface area (Å²) in [6, 6.07) is 11.6. The third-order valence-corrected chi connectivity index (χ3v) is 5.08. The van der Waals surface area contributed by atoms with Gasteiger partial charge in [0.25, 0.3) is 0 Å². The monoisotopic (exact) mass is 400 g/mol. The van der Waals surface area contributed by atoms with Crippen LogP contribution in [0.3, 0.4) is 0 Å². The fourth-order valence-corrected chi connectivity index (χ4v) is 3.40. The van der Waals surface area contributed by atoms with E-state index in [0.29, 0.717) is 37.6 Å². The summed E-state index contributed by atoms with van der Waals surface area (Å²) in [5, 5.41) is 2.83. The zero-order valence-corrected chi connectivity index (χ0v) is 16.6. The van der Waals surface area contributed by atoms with Crippen LogP contribution in [-0.2, 0) is 22.6 Å². The molecule has 3 rings (SSSR count). The van der Waals surface area contributed by atoms with Crippen molar-refractivity contribution in [2.24, 2.45) is 5.92 Å². The van der Waals surface area contributed by atoms with E-state index in [1.54, 1.807) is 31.3 Å². The van der Waals surface area contributed by atoms with Crippen LogP contribution in [0.4, 0.5) is 4.39 Å². The molecule has 1 fully saturated rings. The molecule has 0 radical (unpaired) electrons. The smallest absolute Gasteiger partial charge is 0.225 e. The van der Waals surface area contributed by atoms with E-state index in [4.69, 9.17) is 9.47 Å². The van der Waals surface area contributed by atoms with Crippen LogP contribution < -0.4 is 14.8 Å². The molecular formula is C22H25FN2O4. The minimum atomic E-state index is -0.367. The van der Waals surface area contributed by atoms with Crippen LogP contribution in [0, 0.1) is 11.7 Å². The Bertz CT molecular complexity index is 870. The maximum atomic E-state index is 12.9. The molecule has 0 bridgehead atoms. The fourth-order valence-electron chi connectivity index (χ4n) is 3.40. The van der Waals surface area contributed by atoms with Gasteiger partial charge in [0, 0.05) is 26.1 Å². The van der Waals surface area contributed by atoms with E-state index in [0.717, 1.165) is 11.1 Å². The van der Waals surface area contributed by atoms with Crippen molar-refractivity contribution in [1.29, 1.82) is 0 Å². The molecule has 2 aromatic carbocycles. The highest BCUT2D eigenvalue weighted by atomic mass is 19.1. The predicted molar refractivity (Wildman–Crippen MR) is 106 cm³/mol. The Kier molecular flexibility index (Phi) is 6.69. The standard InChI is InChI=1S/C22H25FN2O4/c1-28-19-8-5-15(11-20(19)29-2)9-10-25-14-17(12-21(25)26)22(27)24-13-16-3-6-18(23)7-4-16/h3-8,11,17H,9-10,12-14H2,1-2H3,(H,24,27)/t17-/m0/s1. The van der Waals surface area contributed by atoms with Crippen LogP contribution in [0.1, 0.15) is 17.5 Å². The summed E-state index contributed by atoms with van der Waals surface area (Å²) in [6.07, 6.45) is 0.872. The SMILES string of the molecule is COc1ccc(CCN2C[C@@H](C(=O)NCc3ccc(F)cc3)CC2=O)cc1OC. The number of nitrogens with one attached hydrogen (secondary N) is 1. The first-order valence-electron chi connectivity index (χ1n) is 9.51. The van der Waals surface area contributed by atoms with Crippen molar-refractivity contribution >= 4 is 11.8 Å². The highest BCUT2D eigenvalue weighted by Gasteiger charge is 2.33. The zero-order valence-electron chi connectivity index (χ0n) is 16.6. The molecule has 29 heavy (non-hydrogen) atoms. The molecule has 0 aliphatic carbocycles. The van der Waals surface area contributed by atoms with E-state index in [1.807, 2.05) is 18.2 Å². The molecule has 1 N–H and O–H groups in total. The minimum Gasteiger partial charge on any atom is -0.493 e. The number of amides is 2.